The Hall–Kier alpha value is -2.03. The van der Waals surface area contributed by atoms with Crippen LogP contribution in [0.5, 0.6) is 0 Å². The number of fused-ring (bicyclic) bond motifs is 1. The molecular weight excluding hydrogens is 272 g/mol. The lowest BCUT2D eigenvalue weighted by Crippen LogP contribution is -2.37. The molecular formula is C10H11N4O4S-. The minimum atomic E-state index is -1.22. The third kappa shape index (κ3) is 2.05. The first-order valence-corrected chi connectivity index (χ1v) is 6.28. The zero-order valence-corrected chi connectivity index (χ0v) is 11.4. The van der Waals surface area contributed by atoms with E-state index in [1.807, 2.05) is 0 Å². The molecule has 0 aliphatic carbocycles. The number of thioether (sulfide) groups is 1. The first kappa shape index (κ1) is 13.4. The van der Waals surface area contributed by atoms with Crippen molar-refractivity contribution in [3.63, 3.8) is 0 Å². The molecule has 2 heterocycles. The summed E-state index contributed by atoms with van der Waals surface area (Å²) in [6.45, 7) is 0. The highest BCUT2D eigenvalue weighted by Crippen LogP contribution is 2.19. The second kappa shape index (κ2) is 4.57. The van der Waals surface area contributed by atoms with Crippen LogP contribution in [-0.2, 0) is 25.9 Å². The molecule has 2 aromatic heterocycles. The first-order valence-electron chi connectivity index (χ1n) is 5.29. The van der Waals surface area contributed by atoms with E-state index in [0.29, 0.717) is 5.16 Å². The van der Waals surface area contributed by atoms with E-state index in [0.717, 1.165) is 16.3 Å². The molecule has 0 spiro atoms. The van der Waals surface area contributed by atoms with Gasteiger partial charge in [0.2, 0.25) is 0 Å². The summed E-state index contributed by atoms with van der Waals surface area (Å²) < 4.78 is 3.71. The van der Waals surface area contributed by atoms with Crippen molar-refractivity contribution in [2.45, 2.75) is 5.16 Å². The Balaban J connectivity index is 2.74. The highest BCUT2D eigenvalue weighted by molar-refractivity contribution is 7.99. The number of aliphatic carboxylic acids is 1. The molecule has 0 unspecified atom stereocenters. The van der Waals surface area contributed by atoms with E-state index in [9.17, 15) is 19.5 Å². The van der Waals surface area contributed by atoms with Crippen LogP contribution < -0.4 is 16.4 Å². The zero-order valence-electron chi connectivity index (χ0n) is 10.5. The summed E-state index contributed by atoms with van der Waals surface area (Å²) in [5, 5.41) is 10.8. The average Bonchev–Trinajstić information content (AvgIpc) is 2.69. The van der Waals surface area contributed by atoms with Gasteiger partial charge in [-0.2, -0.15) is 0 Å². The van der Waals surface area contributed by atoms with Crippen LogP contribution >= 0.6 is 11.8 Å². The number of imidazole rings is 1. The maximum absolute atomic E-state index is 12.0. The van der Waals surface area contributed by atoms with Gasteiger partial charge in [0.1, 0.15) is 0 Å². The number of carboxylic acid groups (broad SMARTS) is 1. The van der Waals surface area contributed by atoms with Crippen molar-refractivity contribution in [2.75, 3.05) is 5.75 Å². The standard InChI is InChI=1S/C10H12N4O4S/c1-12-6-7(11-9(12)19-4-5(15)16)13(2)10(18)14(3)8(6)17/h4H2,1-3H3,(H,15,16)/p-1. The highest BCUT2D eigenvalue weighted by Gasteiger charge is 2.16. The fraction of sp³-hybridized carbons (Fsp3) is 0.400. The summed E-state index contributed by atoms with van der Waals surface area (Å²) in [5.74, 6) is -1.50. The Morgan fingerprint density at radius 3 is 2.42 bits per heavy atom. The van der Waals surface area contributed by atoms with Crippen LogP contribution in [0.25, 0.3) is 11.2 Å². The van der Waals surface area contributed by atoms with E-state index in [4.69, 9.17) is 0 Å². The second-order valence-electron chi connectivity index (χ2n) is 3.99. The number of rotatable bonds is 3. The van der Waals surface area contributed by atoms with E-state index >= 15 is 0 Å². The van der Waals surface area contributed by atoms with Gasteiger partial charge >= 0.3 is 5.69 Å². The maximum atomic E-state index is 12.0. The van der Waals surface area contributed by atoms with Gasteiger partial charge in [-0.25, -0.2) is 9.78 Å². The molecule has 0 radical (unpaired) electrons. The summed E-state index contributed by atoms with van der Waals surface area (Å²) in [6.07, 6.45) is 0. The fourth-order valence-electron chi connectivity index (χ4n) is 1.75. The van der Waals surface area contributed by atoms with E-state index in [1.54, 1.807) is 7.05 Å². The monoisotopic (exact) mass is 283 g/mol. The summed E-state index contributed by atoms with van der Waals surface area (Å²) in [5.41, 5.74) is -0.456. The molecule has 19 heavy (non-hydrogen) atoms. The maximum Gasteiger partial charge on any atom is 0.332 e. The topological polar surface area (TPSA) is 102 Å². The van der Waals surface area contributed by atoms with Crippen molar-refractivity contribution in [1.29, 1.82) is 0 Å². The fourth-order valence-corrected chi connectivity index (χ4v) is 2.43. The summed E-state index contributed by atoms with van der Waals surface area (Å²) in [7, 11) is 4.48. The quantitative estimate of drug-likeness (QED) is 0.593. The third-order valence-electron chi connectivity index (χ3n) is 2.75. The van der Waals surface area contributed by atoms with Crippen LogP contribution in [-0.4, -0.2) is 30.4 Å². The predicted octanol–water partition coefficient (Wildman–Crippen LogP) is -2.19. The van der Waals surface area contributed by atoms with Crippen LogP contribution in [0.15, 0.2) is 14.7 Å². The lowest BCUT2D eigenvalue weighted by Gasteiger charge is -2.03. The van der Waals surface area contributed by atoms with Gasteiger partial charge in [-0.05, 0) is 0 Å². The molecule has 0 fully saturated rings. The van der Waals surface area contributed by atoms with E-state index in [1.165, 1.54) is 23.2 Å². The molecule has 2 aromatic rings. The molecule has 0 aliphatic heterocycles. The van der Waals surface area contributed by atoms with Gasteiger partial charge in [-0.1, -0.05) is 11.8 Å². The molecule has 0 aliphatic rings. The van der Waals surface area contributed by atoms with Crippen molar-refractivity contribution >= 4 is 28.9 Å². The molecule has 0 N–H and O–H groups in total. The van der Waals surface area contributed by atoms with Gasteiger partial charge in [-0.15, -0.1) is 0 Å². The second-order valence-corrected chi connectivity index (χ2v) is 4.93. The molecule has 0 atom stereocenters. The van der Waals surface area contributed by atoms with Crippen LogP contribution in [0.4, 0.5) is 0 Å². The van der Waals surface area contributed by atoms with E-state index in [-0.39, 0.29) is 16.9 Å². The zero-order chi connectivity index (χ0) is 14.3. The summed E-state index contributed by atoms with van der Waals surface area (Å²) >= 11 is 0.936. The Kier molecular flexibility index (Phi) is 3.23. The van der Waals surface area contributed by atoms with Gasteiger partial charge < -0.3 is 14.5 Å². The average molecular weight is 283 g/mol. The first-order chi connectivity index (χ1) is 8.84. The molecule has 102 valence electrons. The molecule has 0 saturated carbocycles. The third-order valence-corrected chi connectivity index (χ3v) is 3.76. The normalized spacial score (nSPS) is 11.1. The number of hydrogen-bond acceptors (Lipinski definition) is 6. The highest BCUT2D eigenvalue weighted by atomic mass is 32.2. The lowest BCUT2D eigenvalue weighted by molar-refractivity contribution is -0.301. The van der Waals surface area contributed by atoms with Crippen LogP contribution in [0.3, 0.4) is 0 Å². The van der Waals surface area contributed by atoms with Crippen LogP contribution in [0.1, 0.15) is 0 Å². The number of carbonyl (C=O) groups is 1. The van der Waals surface area contributed by atoms with Crippen molar-refractivity contribution in [2.24, 2.45) is 21.1 Å². The molecule has 9 heteroatoms. The summed E-state index contributed by atoms with van der Waals surface area (Å²) in [4.78, 5) is 38.4. The molecule has 0 saturated heterocycles. The lowest BCUT2D eigenvalue weighted by atomic mass is 10.5. The van der Waals surface area contributed by atoms with Gasteiger partial charge in [0.05, 0.1) is 5.97 Å². The number of carbonyl (C=O) groups excluding carboxylic acids is 1. The van der Waals surface area contributed by atoms with Crippen molar-refractivity contribution in [1.82, 2.24) is 18.7 Å². The molecule has 0 bridgehead atoms. The molecule has 8 nitrogen and oxygen atoms in total. The molecule has 0 aromatic carbocycles. The summed E-state index contributed by atoms with van der Waals surface area (Å²) in [6, 6.07) is 0. The Morgan fingerprint density at radius 2 is 1.84 bits per heavy atom. The van der Waals surface area contributed by atoms with Gasteiger partial charge in [-0.3, -0.25) is 13.9 Å². The van der Waals surface area contributed by atoms with Crippen molar-refractivity contribution in [3.8, 4) is 0 Å². The van der Waals surface area contributed by atoms with Crippen molar-refractivity contribution < 1.29 is 9.90 Å². The minimum absolute atomic E-state index is 0.233. The molecule has 2 rings (SSSR count). The Morgan fingerprint density at radius 1 is 1.21 bits per heavy atom. The number of carboxylic acids is 1. The number of hydrogen-bond donors (Lipinski definition) is 0. The van der Waals surface area contributed by atoms with Gasteiger partial charge in [0.25, 0.3) is 5.56 Å². The Bertz CT molecular complexity index is 785. The van der Waals surface area contributed by atoms with Gasteiger partial charge in [0, 0.05) is 26.9 Å². The minimum Gasteiger partial charge on any atom is -0.549 e. The molecule has 0 amide bonds. The largest absolute Gasteiger partial charge is 0.549 e. The van der Waals surface area contributed by atoms with Crippen molar-refractivity contribution in [3.05, 3.63) is 20.8 Å². The number of aromatic nitrogens is 4. The van der Waals surface area contributed by atoms with E-state index in [2.05, 4.69) is 4.98 Å². The van der Waals surface area contributed by atoms with Gasteiger partial charge in [0.15, 0.2) is 16.3 Å². The van der Waals surface area contributed by atoms with E-state index < -0.39 is 17.2 Å². The smallest absolute Gasteiger partial charge is 0.332 e. The van der Waals surface area contributed by atoms with Crippen LogP contribution in [0, 0.1) is 0 Å². The SMILES string of the molecule is Cn1c(=O)c2c(nc(SCC(=O)[O-])n2C)n(C)c1=O. The van der Waals surface area contributed by atoms with Crippen LogP contribution in [0.2, 0.25) is 0 Å². The number of nitrogens with zero attached hydrogens (tertiary/aromatic N) is 4. The Labute approximate surface area is 111 Å². The number of aryl methyl sites for hydroxylation is 2. The predicted molar refractivity (Wildman–Crippen MR) is 66.9 cm³/mol.